The highest BCUT2D eigenvalue weighted by molar-refractivity contribution is 5.97. The predicted octanol–water partition coefficient (Wildman–Crippen LogP) is 3.61. The van der Waals surface area contributed by atoms with Crippen molar-refractivity contribution < 1.29 is 9.53 Å². The number of amides is 1. The van der Waals surface area contributed by atoms with Crippen LogP contribution in [0.2, 0.25) is 0 Å². The molecule has 2 N–H and O–H groups in total. The summed E-state index contributed by atoms with van der Waals surface area (Å²) in [5, 5.41) is 11.0. The Morgan fingerprint density at radius 1 is 1.15 bits per heavy atom. The van der Waals surface area contributed by atoms with E-state index in [2.05, 4.69) is 32.8 Å². The number of methoxy groups -OCH3 is 1. The highest BCUT2D eigenvalue weighted by Gasteiger charge is 2.18. The van der Waals surface area contributed by atoms with Gasteiger partial charge in [-0.25, -0.2) is 0 Å². The summed E-state index contributed by atoms with van der Waals surface area (Å²) in [6.45, 7) is 9.79. The van der Waals surface area contributed by atoms with Gasteiger partial charge in [-0.3, -0.25) is 9.48 Å². The highest BCUT2D eigenvalue weighted by atomic mass is 16.5. The molecule has 0 aliphatic carbocycles. The molecule has 3 aromatic rings. The third-order valence-corrected chi connectivity index (χ3v) is 6.28. The van der Waals surface area contributed by atoms with Crippen molar-refractivity contribution in [2.45, 2.75) is 26.8 Å². The summed E-state index contributed by atoms with van der Waals surface area (Å²) in [6, 6.07) is 12.0. The molecule has 0 bridgehead atoms. The van der Waals surface area contributed by atoms with Gasteiger partial charge >= 0.3 is 0 Å². The van der Waals surface area contributed by atoms with Crippen molar-refractivity contribution in [1.82, 2.24) is 20.4 Å². The van der Waals surface area contributed by atoms with Gasteiger partial charge < -0.3 is 20.3 Å². The third kappa shape index (κ3) is 5.03. The number of hydrogen-bond acceptors (Lipinski definition) is 5. The molecule has 0 saturated carbocycles. The lowest BCUT2D eigenvalue weighted by Gasteiger charge is -2.30. The molecule has 7 nitrogen and oxygen atoms in total. The van der Waals surface area contributed by atoms with Crippen molar-refractivity contribution in [3.05, 3.63) is 65.0 Å². The van der Waals surface area contributed by atoms with Crippen LogP contribution in [0.25, 0.3) is 11.1 Å². The average Bonchev–Trinajstić information content (AvgIpc) is 3.17. The fourth-order valence-electron chi connectivity index (χ4n) is 4.36. The van der Waals surface area contributed by atoms with Crippen LogP contribution < -0.4 is 20.3 Å². The Bertz CT molecular complexity index is 1150. The number of hydrogen-bond donors (Lipinski definition) is 2. The first-order valence-corrected chi connectivity index (χ1v) is 11.4. The Labute approximate surface area is 195 Å². The number of benzene rings is 2. The van der Waals surface area contributed by atoms with E-state index in [0.717, 1.165) is 65.6 Å². The summed E-state index contributed by atoms with van der Waals surface area (Å²) in [5.41, 5.74) is 6.78. The molecule has 1 aliphatic heterocycles. The van der Waals surface area contributed by atoms with E-state index in [4.69, 9.17) is 4.74 Å². The Kier molecular flexibility index (Phi) is 6.70. The predicted molar refractivity (Wildman–Crippen MR) is 132 cm³/mol. The number of rotatable bonds is 6. The van der Waals surface area contributed by atoms with Gasteiger partial charge in [0, 0.05) is 56.2 Å². The SMILES string of the molecule is COc1cc(-c2cn(C)nc2C)cc(C(C)NC(=O)c2cc(N3CCNCC3)ccc2C)c1. The van der Waals surface area contributed by atoms with Crippen LogP contribution in [0.4, 0.5) is 5.69 Å². The molecule has 4 rings (SSSR count). The molecule has 0 spiro atoms. The first-order valence-electron chi connectivity index (χ1n) is 11.4. The van der Waals surface area contributed by atoms with Gasteiger partial charge in [0.1, 0.15) is 5.75 Å². The van der Waals surface area contributed by atoms with E-state index < -0.39 is 0 Å². The molecular formula is C26H33N5O2. The molecule has 0 radical (unpaired) electrons. The zero-order valence-electron chi connectivity index (χ0n) is 20.1. The molecule has 1 saturated heterocycles. The number of anilines is 1. The maximum Gasteiger partial charge on any atom is 0.252 e. The average molecular weight is 448 g/mol. The first-order chi connectivity index (χ1) is 15.9. The Morgan fingerprint density at radius 2 is 1.91 bits per heavy atom. The number of carbonyl (C=O) groups is 1. The van der Waals surface area contributed by atoms with Crippen LogP contribution in [0.1, 0.15) is 40.1 Å². The second-order valence-corrected chi connectivity index (χ2v) is 8.73. The van der Waals surface area contributed by atoms with Crippen molar-refractivity contribution in [3.63, 3.8) is 0 Å². The molecule has 2 heterocycles. The Hall–Kier alpha value is -3.32. The van der Waals surface area contributed by atoms with E-state index in [1.165, 1.54) is 0 Å². The number of aromatic nitrogens is 2. The minimum atomic E-state index is -0.189. The Morgan fingerprint density at radius 3 is 2.58 bits per heavy atom. The lowest BCUT2D eigenvalue weighted by molar-refractivity contribution is 0.0939. The third-order valence-electron chi connectivity index (χ3n) is 6.28. The van der Waals surface area contributed by atoms with Crippen LogP contribution in [0.5, 0.6) is 5.75 Å². The zero-order valence-corrected chi connectivity index (χ0v) is 20.1. The monoisotopic (exact) mass is 447 g/mol. The lowest BCUT2D eigenvalue weighted by atomic mass is 9.99. The second kappa shape index (κ2) is 9.67. The lowest BCUT2D eigenvalue weighted by Crippen LogP contribution is -2.43. The molecule has 1 fully saturated rings. The van der Waals surface area contributed by atoms with Crippen molar-refractivity contribution in [1.29, 1.82) is 0 Å². The second-order valence-electron chi connectivity index (χ2n) is 8.73. The van der Waals surface area contributed by atoms with E-state index in [1.54, 1.807) is 7.11 Å². The van der Waals surface area contributed by atoms with Crippen LogP contribution in [-0.4, -0.2) is 49.0 Å². The number of nitrogens with zero attached hydrogens (tertiary/aromatic N) is 3. The van der Waals surface area contributed by atoms with Gasteiger partial charge in [0.2, 0.25) is 0 Å². The minimum absolute atomic E-state index is 0.0705. The molecule has 2 aromatic carbocycles. The van der Waals surface area contributed by atoms with Crippen molar-refractivity contribution >= 4 is 11.6 Å². The van der Waals surface area contributed by atoms with Crippen molar-refractivity contribution in [2.75, 3.05) is 38.2 Å². The number of ether oxygens (including phenoxy) is 1. The van der Waals surface area contributed by atoms with Crippen LogP contribution in [0.15, 0.2) is 42.6 Å². The van der Waals surface area contributed by atoms with E-state index in [0.29, 0.717) is 5.56 Å². The number of nitrogens with one attached hydrogen (secondary N) is 2. The normalized spacial score (nSPS) is 14.8. The summed E-state index contributed by atoms with van der Waals surface area (Å²) < 4.78 is 7.36. The summed E-state index contributed by atoms with van der Waals surface area (Å²) in [4.78, 5) is 15.6. The molecular weight excluding hydrogens is 414 g/mol. The molecule has 1 atom stereocenters. The summed E-state index contributed by atoms with van der Waals surface area (Å²) in [7, 11) is 3.57. The minimum Gasteiger partial charge on any atom is -0.497 e. The zero-order chi connectivity index (χ0) is 23.5. The summed E-state index contributed by atoms with van der Waals surface area (Å²) >= 11 is 0. The summed E-state index contributed by atoms with van der Waals surface area (Å²) in [5.74, 6) is 0.683. The van der Waals surface area contributed by atoms with Gasteiger partial charge in [0.05, 0.1) is 18.8 Å². The first kappa shape index (κ1) is 22.9. The highest BCUT2D eigenvalue weighted by Crippen LogP contribution is 2.30. The topological polar surface area (TPSA) is 71.4 Å². The van der Waals surface area contributed by atoms with Gasteiger partial charge in [-0.15, -0.1) is 0 Å². The van der Waals surface area contributed by atoms with E-state index in [-0.39, 0.29) is 11.9 Å². The molecule has 1 amide bonds. The van der Waals surface area contributed by atoms with Gasteiger partial charge in [0.15, 0.2) is 0 Å². The number of aryl methyl sites for hydroxylation is 3. The number of piperazine rings is 1. The molecule has 1 aliphatic rings. The van der Waals surface area contributed by atoms with E-state index in [1.807, 2.05) is 63.0 Å². The van der Waals surface area contributed by atoms with Gasteiger partial charge in [-0.1, -0.05) is 6.07 Å². The quantitative estimate of drug-likeness (QED) is 0.604. The van der Waals surface area contributed by atoms with Gasteiger partial charge in [-0.05, 0) is 67.8 Å². The number of carbonyl (C=O) groups excluding carboxylic acids is 1. The van der Waals surface area contributed by atoms with Crippen LogP contribution in [0, 0.1) is 13.8 Å². The van der Waals surface area contributed by atoms with Crippen LogP contribution in [0.3, 0.4) is 0 Å². The van der Waals surface area contributed by atoms with E-state index in [9.17, 15) is 4.79 Å². The molecule has 7 heteroatoms. The fourth-order valence-corrected chi connectivity index (χ4v) is 4.36. The maximum absolute atomic E-state index is 13.3. The Balaban J connectivity index is 1.58. The van der Waals surface area contributed by atoms with Crippen LogP contribution >= 0.6 is 0 Å². The van der Waals surface area contributed by atoms with Crippen molar-refractivity contribution in [3.8, 4) is 16.9 Å². The van der Waals surface area contributed by atoms with Gasteiger partial charge in [0.25, 0.3) is 5.91 Å². The smallest absolute Gasteiger partial charge is 0.252 e. The molecule has 1 aromatic heterocycles. The largest absolute Gasteiger partial charge is 0.497 e. The van der Waals surface area contributed by atoms with Crippen molar-refractivity contribution in [2.24, 2.45) is 7.05 Å². The standard InChI is InChI=1S/C26H33N5O2/c1-17-6-7-22(31-10-8-27-9-11-31)15-24(17)26(32)28-18(2)20-12-21(14-23(13-20)33-5)25-16-30(4)29-19(25)3/h6-7,12-16,18,27H,8-11H2,1-5H3,(H,28,32). The fraction of sp³-hybridized carbons (Fsp3) is 0.385. The van der Waals surface area contributed by atoms with Crippen LogP contribution in [-0.2, 0) is 7.05 Å². The molecule has 1 unspecified atom stereocenters. The maximum atomic E-state index is 13.3. The van der Waals surface area contributed by atoms with Gasteiger partial charge in [-0.2, -0.15) is 5.10 Å². The van der Waals surface area contributed by atoms with E-state index >= 15 is 0 Å². The summed E-state index contributed by atoms with van der Waals surface area (Å²) in [6.07, 6.45) is 2.00. The molecule has 33 heavy (non-hydrogen) atoms. The molecule has 174 valence electrons.